The summed E-state index contributed by atoms with van der Waals surface area (Å²) in [5, 5.41) is 11.9. The van der Waals surface area contributed by atoms with E-state index in [-0.39, 0.29) is 40.1 Å². The van der Waals surface area contributed by atoms with Crippen LogP contribution in [0.3, 0.4) is 0 Å². The van der Waals surface area contributed by atoms with Crippen LogP contribution in [-0.2, 0) is 6.54 Å². The van der Waals surface area contributed by atoms with Gasteiger partial charge in [0.1, 0.15) is 5.82 Å². The van der Waals surface area contributed by atoms with E-state index in [4.69, 9.17) is 12.2 Å². The second-order valence-corrected chi connectivity index (χ2v) is 13.0. The largest absolute Gasteiger partial charge is 0.360 e. The lowest BCUT2D eigenvalue weighted by molar-refractivity contribution is 0.0968. The molecule has 2 aliphatic rings. The fourth-order valence-corrected chi connectivity index (χ4v) is 6.73. The van der Waals surface area contributed by atoms with Gasteiger partial charge < -0.3 is 20.9 Å². The standard InChI is InChI=1S/C26H43FN4S/c1-23(2)13-19(14-24(3,4)29-23)28-22(32)31(17-18-11-9-10-12-21(18)27)20-15-25(5,6)30-26(7,8)16-20/h9-12,19-20,29-30H,13-17H2,1-8H3,(H,28,32). The summed E-state index contributed by atoms with van der Waals surface area (Å²) in [6, 6.07) is 7.57. The molecule has 2 fully saturated rings. The molecular weight excluding hydrogens is 419 g/mol. The van der Waals surface area contributed by atoms with Crippen LogP contribution in [-0.4, -0.2) is 44.3 Å². The molecule has 2 heterocycles. The van der Waals surface area contributed by atoms with Crippen molar-refractivity contribution in [3.05, 3.63) is 35.6 Å². The van der Waals surface area contributed by atoms with Crippen molar-refractivity contribution in [2.75, 3.05) is 0 Å². The zero-order valence-electron chi connectivity index (χ0n) is 21.2. The van der Waals surface area contributed by atoms with Gasteiger partial charge in [-0.05, 0) is 99.4 Å². The number of benzene rings is 1. The molecule has 0 atom stereocenters. The Labute approximate surface area is 200 Å². The van der Waals surface area contributed by atoms with Crippen molar-refractivity contribution in [3.8, 4) is 0 Å². The smallest absolute Gasteiger partial charge is 0.169 e. The Balaban J connectivity index is 1.86. The third-order valence-corrected chi connectivity index (χ3v) is 7.04. The first-order valence-corrected chi connectivity index (χ1v) is 12.4. The van der Waals surface area contributed by atoms with Gasteiger partial charge >= 0.3 is 0 Å². The van der Waals surface area contributed by atoms with Crippen LogP contribution < -0.4 is 16.0 Å². The molecule has 1 aromatic carbocycles. The number of piperidine rings is 2. The molecule has 0 unspecified atom stereocenters. The van der Waals surface area contributed by atoms with E-state index >= 15 is 0 Å². The average molecular weight is 463 g/mol. The number of halogens is 1. The zero-order valence-corrected chi connectivity index (χ0v) is 22.0. The van der Waals surface area contributed by atoms with Crippen LogP contribution >= 0.6 is 12.2 Å². The monoisotopic (exact) mass is 462 g/mol. The maximum absolute atomic E-state index is 14.6. The summed E-state index contributed by atoms with van der Waals surface area (Å²) in [5.41, 5.74) is 0.716. The minimum absolute atomic E-state index is 0.0196. The summed E-state index contributed by atoms with van der Waals surface area (Å²) in [6.07, 6.45) is 3.90. The predicted molar refractivity (Wildman–Crippen MR) is 136 cm³/mol. The molecule has 0 bridgehead atoms. The van der Waals surface area contributed by atoms with E-state index in [2.05, 4.69) is 76.2 Å². The SMILES string of the molecule is CC1(C)CC(NC(=S)N(Cc2ccccc2F)C2CC(C)(C)NC(C)(C)C2)CC(C)(C)N1. The molecule has 0 spiro atoms. The number of hydrogen-bond donors (Lipinski definition) is 3. The second kappa shape index (κ2) is 8.84. The lowest BCUT2D eigenvalue weighted by atomic mass is 9.78. The Kier molecular flexibility index (Phi) is 7.01. The average Bonchev–Trinajstić information content (AvgIpc) is 2.55. The van der Waals surface area contributed by atoms with Crippen molar-refractivity contribution in [1.82, 2.24) is 20.9 Å². The molecule has 2 saturated heterocycles. The van der Waals surface area contributed by atoms with Crippen LogP contribution in [0.25, 0.3) is 0 Å². The number of hydrogen-bond acceptors (Lipinski definition) is 3. The third-order valence-electron chi connectivity index (χ3n) is 6.69. The Morgan fingerprint density at radius 1 is 0.906 bits per heavy atom. The van der Waals surface area contributed by atoms with Crippen LogP contribution in [0.5, 0.6) is 0 Å². The van der Waals surface area contributed by atoms with Gasteiger partial charge in [-0.15, -0.1) is 0 Å². The van der Waals surface area contributed by atoms with Gasteiger partial charge in [-0.2, -0.15) is 0 Å². The van der Waals surface area contributed by atoms with Crippen LogP contribution in [0.15, 0.2) is 24.3 Å². The van der Waals surface area contributed by atoms with Gasteiger partial charge in [-0.1, -0.05) is 18.2 Å². The number of nitrogens with zero attached hydrogens (tertiary/aromatic N) is 1. The van der Waals surface area contributed by atoms with Crippen molar-refractivity contribution in [1.29, 1.82) is 0 Å². The molecule has 0 aliphatic carbocycles. The van der Waals surface area contributed by atoms with Crippen molar-refractivity contribution >= 4 is 17.3 Å². The molecule has 32 heavy (non-hydrogen) atoms. The molecule has 180 valence electrons. The van der Waals surface area contributed by atoms with E-state index in [0.717, 1.165) is 30.8 Å². The van der Waals surface area contributed by atoms with Crippen molar-refractivity contribution in [3.63, 3.8) is 0 Å². The summed E-state index contributed by atoms with van der Waals surface area (Å²) in [6.45, 7) is 18.5. The predicted octanol–water partition coefficient (Wildman–Crippen LogP) is 5.12. The van der Waals surface area contributed by atoms with E-state index in [1.165, 1.54) is 6.07 Å². The van der Waals surface area contributed by atoms with Gasteiger partial charge in [-0.25, -0.2) is 4.39 Å². The first kappa shape index (κ1) is 25.4. The third kappa shape index (κ3) is 6.64. The highest BCUT2D eigenvalue weighted by Gasteiger charge is 2.42. The van der Waals surface area contributed by atoms with Gasteiger partial charge in [0, 0.05) is 46.3 Å². The van der Waals surface area contributed by atoms with Crippen molar-refractivity contribution in [2.24, 2.45) is 0 Å². The summed E-state index contributed by atoms with van der Waals surface area (Å²) >= 11 is 6.03. The molecule has 3 N–H and O–H groups in total. The van der Waals surface area contributed by atoms with Crippen LogP contribution in [0, 0.1) is 5.82 Å². The quantitative estimate of drug-likeness (QED) is 0.542. The van der Waals surface area contributed by atoms with Gasteiger partial charge in [0.2, 0.25) is 0 Å². The van der Waals surface area contributed by atoms with Crippen molar-refractivity contribution < 1.29 is 4.39 Å². The maximum Gasteiger partial charge on any atom is 0.169 e. The molecule has 0 radical (unpaired) electrons. The Hall–Kier alpha value is -1.24. The van der Waals surface area contributed by atoms with Gasteiger partial charge in [0.05, 0.1) is 0 Å². The molecular formula is C26H43FN4S. The lowest BCUT2D eigenvalue weighted by Gasteiger charge is -2.51. The second-order valence-electron chi connectivity index (χ2n) is 12.6. The molecule has 0 saturated carbocycles. The van der Waals surface area contributed by atoms with E-state index < -0.39 is 0 Å². The summed E-state index contributed by atoms with van der Waals surface area (Å²) in [5.74, 6) is -0.170. The number of thiocarbonyl (C=S) groups is 1. The minimum atomic E-state index is -0.170. The fraction of sp³-hybridized carbons (Fsp3) is 0.731. The molecule has 2 aliphatic heterocycles. The van der Waals surface area contributed by atoms with Crippen molar-refractivity contribution in [2.45, 2.75) is 122 Å². The first-order chi connectivity index (χ1) is 14.6. The van der Waals surface area contributed by atoms with Gasteiger partial charge in [-0.3, -0.25) is 0 Å². The zero-order chi connectivity index (χ0) is 23.9. The van der Waals surface area contributed by atoms with Crippen LogP contribution in [0.4, 0.5) is 4.39 Å². The van der Waals surface area contributed by atoms with E-state index in [9.17, 15) is 4.39 Å². The highest BCUT2D eigenvalue weighted by Crippen LogP contribution is 2.33. The van der Waals surface area contributed by atoms with Crippen LogP contribution in [0.2, 0.25) is 0 Å². The highest BCUT2D eigenvalue weighted by molar-refractivity contribution is 7.80. The number of rotatable bonds is 4. The molecule has 3 rings (SSSR count). The van der Waals surface area contributed by atoms with E-state index in [0.29, 0.717) is 12.1 Å². The molecule has 1 aromatic rings. The molecule has 4 nitrogen and oxygen atoms in total. The summed E-state index contributed by atoms with van der Waals surface area (Å²) < 4.78 is 14.6. The Morgan fingerprint density at radius 3 is 1.88 bits per heavy atom. The molecule has 0 aromatic heterocycles. The van der Waals surface area contributed by atoms with E-state index in [1.807, 2.05) is 12.1 Å². The normalized spacial score (nSPS) is 24.7. The van der Waals surface area contributed by atoms with E-state index in [1.54, 1.807) is 6.07 Å². The first-order valence-electron chi connectivity index (χ1n) is 12.0. The fourth-order valence-electron chi connectivity index (χ4n) is 6.35. The van der Waals surface area contributed by atoms with Gasteiger partial charge in [0.25, 0.3) is 0 Å². The minimum Gasteiger partial charge on any atom is -0.360 e. The summed E-state index contributed by atoms with van der Waals surface area (Å²) in [7, 11) is 0. The Bertz CT molecular complexity index is 801. The maximum atomic E-state index is 14.6. The lowest BCUT2D eigenvalue weighted by Crippen LogP contribution is -2.65. The summed E-state index contributed by atoms with van der Waals surface area (Å²) in [4.78, 5) is 2.25. The molecule has 6 heteroatoms. The van der Waals surface area contributed by atoms with Crippen LogP contribution in [0.1, 0.15) is 86.6 Å². The van der Waals surface area contributed by atoms with Gasteiger partial charge in [0.15, 0.2) is 5.11 Å². The molecule has 0 amide bonds. The topological polar surface area (TPSA) is 39.3 Å². The number of nitrogens with one attached hydrogen (secondary N) is 3. The Morgan fingerprint density at radius 2 is 1.38 bits per heavy atom. The highest BCUT2D eigenvalue weighted by atomic mass is 32.1.